The molecule has 0 aromatic heterocycles. The van der Waals surface area contributed by atoms with Crippen LogP contribution in [0.25, 0.3) is 0 Å². The van der Waals surface area contributed by atoms with E-state index in [2.05, 4.69) is 4.72 Å². The minimum Gasteiger partial charge on any atom is -0.303 e. The van der Waals surface area contributed by atoms with Gasteiger partial charge in [0, 0.05) is 19.0 Å². The van der Waals surface area contributed by atoms with E-state index in [4.69, 9.17) is 23.2 Å². The Hall–Kier alpha value is -1.79. The fourth-order valence-corrected chi connectivity index (χ4v) is 5.30. The molecule has 2 aromatic carbocycles. The molecule has 0 bridgehead atoms. The van der Waals surface area contributed by atoms with E-state index in [1.54, 1.807) is 6.92 Å². The van der Waals surface area contributed by atoms with Gasteiger partial charge < -0.3 is 4.90 Å². The maximum absolute atomic E-state index is 15.4. The highest BCUT2D eigenvalue weighted by Crippen LogP contribution is 2.35. The number of nitrogens with zero attached hydrogens (tertiary/aromatic N) is 1. The quantitative estimate of drug-likeness (QED) is 0.300. The lowest BCUT2D eigenvalue weighted by Gasteiger charge is -2.33. The minimum atomic E-state index is -4.60. The minimum absolute atomic E-state index is 0.00443. The van der Waals surface area contributed by atoms with Gasteiger partial charge in [0.1, 0.15) is 5.82 Å². The largest absolute Gasteiger partial charge is 0.419 e. The molecule has 232 valence electrons. The number of carbonyl (C=O) groups is 1. The van der Waals surface area contributed by atoms with Crippen LogP contribution in [0, 0.1) is 5.82 Å². The van der Waals surface area contributed by atoms with Crippen LogP contribution in [0.4, 0.5) is 22.0 Å². The number of rotatable bonds is 8. The standard InChI is InChI=1S/C17H23Cl2FN2O3S.C9H8F4.C2H6/c1-12(23)17(20,13-3-4-15(18)16(19)11-13)7-10-22-8-5-14(6-9-22)21-26(2,24)25;1-2-6-3-4-7(8(10)5-6)9(11,12)13;1-2/h3-4,11,14,21H,5-10H2,1-2H3;3-5H,2H2,1H3;1-2H3. The second-order valence-corrected chi connectivity index (χ2v) is 12.0. The molecule has 3 rings (SSSR count). The lowest BCUT2D eigenvalue weighted by molar-refractivity contribution is -0.140. The van der Waals surface area contributed by atoms with Gasteiger partial charge in [-0.3, -0.25) is 4.79 Å². The number of benzene rings is 2. The molecule has 13 heteroatoms. The lowest BCUT2D eigenvalue weighted by atomic mass is 9.88. The molecular formula is C28H37Cl2F5N2O3S. The molecule has 0 amide bonds. The van der Waals surface area contributed by atoms with E-state index in [0.717, 1.165) is 18.4 Å². The third-order valence-electron chi connectivity index (χ3n) is 6.42. The van der Waals surface area contributed by atoms with Gasteiger partial charge in [0.05, 0.1) is 21.9 Å². The molecule has 1 atom stereocenters. The highest BCUT2D eigenvalue weighted by molar-refractivity contribution is 7.88. The summed E-state index contributed by atoms with van der Waals surface area (Å²) in [7, 11) is -3.23. The number of Topliss-reactive ketones (excluding diaryl/α,β-unsaturated/α-hetero) is 1. The van der Waals surface area contributed by atoms with E-state index in [0.29, 0.717) is 49.5 Å². The predicted molar refractivity (Wildman–Crippen MR) is 154 cm³/mol. The van der Waals surface area contributed by atoms with Gasteiger partial charge in [0.2, 0.25) is 10.0 Å². The van der Waals surface area contributed by atoms with Crippen LogP contribution in [0.1, 0.15) is 63.6 Å². The van der Waals surface area contributed by atoms with Crippen LogP contribution in [0.15, 0.2) is 36.4 Å². The monoisotopic (exact) mass is 646 g/mol. The summed E-state index contributed by atoms with van der Waals surface area (Å²) in [6.07, 6.45) is -1.63. The Morgan fingerprint density at radius 2 is 1.61 bits per heavy atom. The van der Waals surface area contributed by atoms with Crippen molar-refractivity contribution in [3.63, 3.8) is 0 Å². The topological polar surface area (TPSA) is 66.5 Å². The van der Waals surface area contributed by atoms with Gasteiger partial charge in [-0.1, -0.05) is 56.1 Å². The number of likely N-dealkylation sites (tertiary alicyclic amines) is 1. The Morgan fingerprint density at radius 1 is 1.02 bits per heavy atom. The van der Waals surface area contributed by atoms with Gasteiger partial charge in [-0.25, -0.2) is 21.9 Å². The maximum Gasteiger partial charge on any atom is 0.419 e. The Kier molecular flexibility index (Phi) is 14.7. The molecule has 1 N–H and O–H groups in total. The van der Waals surface area contributed by atoms with Crippen molar-refractivity contribution in [2.24, 2.45) is 0 Å². The number of sulfonamides is 1. The third-order valence-corrected chi connectivity index (χ3v) is 7.92. The van der Waals surface area contributed by atoms with Gasteiger partial charge in [0.15, 0.2) is 11.5 Å². The predicted octanol–water partition coefficient (Wildman–Crippen LogP) is 7.58. The summed E-state index contributed by atoms with van der Waals surface area (Å²) in [5, 5.41) is 0.516. The molecule has 1 unspecified atom stereocenters. The lowest BCUT2D eigenvalue weighted by Crippen LogP contribution is -2.45. The first-order valence-corrected chi connectivity index (χ1v) is 15.8. The van der Waals surface area contributed by atoms with Crippen LogP contribution < -0.4 is 4.72 Å². The van der Waals surface area contributed by atoms with E-state index in [1.165, 1.54) is 31.2 Å². The molecule has 1 saturated heterocycles. The molecule has 0 aliphatic carbocycles. The molecule has 0 spiro atoms. The molecule has 1 heterocycles. The normalized spacial score (nSPS) is 16.1. The molecule has 1 fully saturated rings. The number of carbonyl (C=O) groups excluding carboxylic acids is 1. The van der Waals surface area contributed by atoms with Crippen LogP contribution in [-0.4, -0.2) is 51.0 Å². The SMILES string of the molecule is CC.CC(=O)C(F)(CCN1CCC(NS(C)(=O)=O)CC1)c1ccc(Cl)c(Cl)c1.CCc1ccc(C(F)(F)F)c(F)c1. The number of ketones is 1. The second kappa shape index (κ2) is 16.2. The number of halogens is 7. The zero-order chi connectivity index (χ0) is 31.6. The summed E-state index contributed by atoms with van der Waals surface area (Å²) in [5.41, 5.74) is -2.57. The van der Waals surface area contributed by atoms with E-state index in [9.17, 15) is 30.8 Å². The van der Waals surface area contributed by atoms with E-state index >= 15 is 4.39 Å². The highest BCUT2D eigenvalue weighted by atomic mass is 35.5. The number of alkyl halides is 4. The number of nitrogens with one attached hydrogen (secondary N) is 1. The van der Waals surface area contributed by atoms with Crippen molar-refractivity contribution < 1.29 is 35.2 Å². The molecule has 41 heavy (non-hydrogen) atoms. The fraction of sp³-hybridized carbons (Fsp3) is 0.536. The highest BCUT2D eigenvalue weighted by Gasteiger charge is 2.38. The van der Waals surface area contributed by atoms with Gasteiger partial charge in [-0.15, -0.1) is 0 Å². The van der Waals surface area contributed by atoms with Gasteiger partial charge in [-0.2, -0.15) is 13.2 Å². The Balaban J connectivity index is 0.000000469. The second-order valence-electron chi connectivity index (χ2n) is 9.41. The molecule has 1 aliphatic heterocycles. The van der Waals surface area contributed by atoms with Crippen molar-refractivity contribution in [1.82, 2.24) is 9.62 Å². The summed E-state index contributed by atoms with van der Waals surface area (Å²) in [6, 6.07) is 7.24. The summed E-state index contributed by atoms with van der Waals surface area (Å²) >= 11 is 11.8. The fourth-order valence-electron chi connectivity index (χ4n) is 4.16. The molecule has 5 nitrogen and oxygen atoms in total. The Morgan fingerprint density at radius 3 is 2.05 bits per heavy atom. The zero-order valence-electron chi connectivity index (χ0n) is 23.7. The Labute approximate surface area is 249 Å². The molecular weight excluding hydrogens is 610 g/mol. The number of piperidine rings is 1. The van der Waals surface area contributed by atoms with Crippen molar-refractivity contribution in [2.75, 3.05) is 25.9 Å². The van der Waals surface area contributed by atoms with E-state index in [1.807, 2.05) is 18.7 Å². The molecule has 0 saturated carbocycles. The van der Waals surface area contributed by atoms with Gasteiger partial charge >= 0.3 is 6.18 Å². The zero-order valence-corrected chi connectivity index (χ0v) is 26.0. The molecule has 1 aliphatic rings. The van der Waals surface area contributed by atoms with Crippen LogP contribution >= 0.6 is 23.2 Å². The first-order chi connectivity index (χ1) is 19.0. The van der Waals surface area contributed by atoms with Crippen molar-refractivity contribution >= 4 is 39.0 Å². The van der Waals surface area contributed by atoms with Gasteiger partial charge in [-0.05, 0) is 74.7 Å². The summed E-state index contributed by atoms with van der Waals surface area (Å²) in [6.45, 7) is 8.65. The van der Waals surface area contributed by atoms with Crippen molar-refractivity contribution in [3.05, 3.63) is 69.0 Å². The van der Waals surface area contributed by atoms with E-state index < -0.39 is 39.0 Å². The van der Waals surface area contributed by atoms with Crippen LogP contribution in [0.5, 0.6) is 0 Å². The number of hydrogen-bond acceptors (Lipinski definition) is 4. The van der Waals surface area contributed by atoms with E-state index in [-0.39, 0.29) is 23.0 Å². The van der Waals surface area contributed by atoms with Gasteiger partial charge in [0.25, 0.3) is 0 Å². The average Bonchev–Trinajstić information content (AvgIpc) is 2.89. The molecule has 0 radical (unpaired) electrons. The van der Waals surface area contributed by atoms with Crippen LogP contribution in [-0.2, 0) is 33.1 Å². The average molecular weight is 648 g/mol. The summed E-state index contributed by atoms with van der Waals surface area (Å²) < 4.78 is 89.6. The Bertz CT molecular complexity index is 1250. The summed E-state index contributed by atoms with van der Waals surface area (Å²) in [4.78, 5) is 14.0. The molecule has 2 aromatic rings. The first-order valence-electron chi connectivity index (χ1n) is 13.2. The van der Waals surface area contributed by atoms with Crippen molar-refractivity contribution in [1.29, 1.82) is 0 Å². The maximum atomic E-state index is 15.4. The first kappa shape index (κ1) is 37.2. The van der Waals surface area contributed by atoms with Crippen molar-refractivity contribution in [3.8, 4) is 0 Å². The smallest absolute Gasteiger partial charge is 0.303 e. The number of hydrogen-bond donors (Lipinski definition) is 1. The third kappa shape index (κ3) is 11.8. The number of aryl methyl sites for hydroxylation is 1. The van der Waals surface area contributed by atoms with Crippen molar-refractivity contribution in [2.45, 2.75) is 71.3 Å². The summed E-state index contributed by atoms with van der Waals surface area (Å²) in [5.74, 6) is -1.78. The van der Waals surface area contributed by atoms with Crippen LogP contribution in [0.2, 0.25) is 10.0 Å². The van der Waals surface area contributed by atoms with Crippen LogP contribution in [0.3, 0.4) is 0 Å².